The lowest BCUT2D eigenvalue weighted by atomic mass is 9.61. The van der Waals surface area contributed by atoms with Crippen molar-refractivity contribution in [3.63, 3.8) is 0 Å². The molecule has 0 radical (unpaired) electrons. The molecule has 7 nitrogen and oxygen atoms in total. The summed E-state index contributed by atoms with van der Waals surface area (Å²) >= 11 is 0. The van der Waals surface area contributed by atoms with Gasteiger partial charge in [-0.05, 0) is 36.3 Å². The van der Waals surface area contributed by atoms with E-state index in [1.807, 2.05) is 37.5 Å². The predicted octanol–water partition coefficient (Wildman–Crippen LogP) is 4.79. The monoisotopic (exact) mass is 554 g/mol. The van der Waals surface area contributed by atoms with E-state index >= 15 is 0 Å². The molecule has 2 aliphatic rings. The van der Waals surface area contributed by atoms with Crippen LogP contribution in [0, 0.1) is 5.41 Å². The van der Waals surface area contributed by atoms with Crippen LogP contribution in [0.5, 0.6) is 0 Å². The molecule has 2 aliphatic heterocycles. The van der Waals surface area contributed by atoms with Gasteiger partial charge in [-0.3, -0.25) is 14.3 Å². The van der Waals surface area contributed by atoms with Crippen LogP contribution in [0.2, 0.25) is 0 Å². The summed E-state index contributed by atoms with van der Waals surface area (Å²) in [5.41, 5.74) is -0.826. The van der Waals surface area contributed by atoms with Gasteiger partial charge in [0, 0.05) is 63.0 Å². The van der Waals surface area contributed by atoms with Gasteiger partial charge < -0.3 is 15.0 Å². The SMILES string of the molecule is CCO[C@@](C(=O)N1CCC2(CC1)CC(=O)NCC2c1ccccc1-c1cnn(C)c1)(c1ccccc1)C(F)(F)F. The highest BCUT2D eigenvalue weighted by Crippen LogP contribution is 2.52. The van der Waals surface area contributed by atoms with Gasteiger partial charge in [-0.15, -0.1) is 0 Å². The molecule has 1 N–H and O–H groups in total. The Labute approximate surface area is 231 Å². The zero-order valence-corrected chi connectivity index (χ0v) is 22.6. The number of carbonyl (C=O) groups is 2. The molecule has 1 unspecified atom stereocenters. The number of carbonyl (C=O) groups excluding carboxylic acids is 2. The zero-order chi connectivity index (χ0) is 28.5. The average Bonchev–Trinajstić information content (AvgIpc) is 3.38. The number of alkyl halides is 3. The number of ether oxygens (including phenoxy) is 1. The lowest BCUT2D eigenvalue weighted by Gasteiger charge is -2.50. The molecule has 1 aromatic heterocycles. The molecule has 2 fully saturated rings. The fraction of sp³-hybridized carbons (Fsp3) is 0.433. The summed E-state index contributed by atoms with van der Waals surface area (Å²) in [4.78, 5) is 27.7. The number of aryl methyl sites for hydroxylation is 1. The number of likely N-dealkylation sites (tertiary alicyclic amines) is 1. The topological polar surface area (TPSA) is 76.5 Å². The van der Waals surface area contributed by atoms with Crippen molar-refractivity contribution < 1.29 is 27.5 Å². The first-order chi connectivity index (χ1) is 19.1. The quantitative estimate of drug-likeness (QED) is 0.475. The number of nitrogens with zero attached hydrogens (tertiary/aromatic N) is 3. The van der Waals surface area contributed by atoms with Crippen molar-refractivity contribution in [2.75, 3.05) is 26.2 Å². The first kappa shape index (κ1) is 27.9. The standard InChI is InChI=1S/C30H33F3N4O3/c1-3-40-29(30(31,32)33,22-9-5-4-6-10-22)27(39)37-15-13-28(14-16-37)17-26(38)34-19-25(28)24-12-8-7-11-23(24)21-18-35-36(2)20-21/h4-12,18,20,25H,3,13-17,19H2,1-2H3,(H,34,38)/t25?,29-/m1/s1. The fourth-order valence-corrected chi connectivity index (χ4v) is 6.43. The molecular formula is C30H33F3N4O3. The third kappa shape index (κ3) is 4.78. The Morgan fingerprint density at radius 3 is 2.40 bits per heavy atom. The summed E-state index contributed by atoms with van der Waals surface area (Å²) in [6, 6.07) is 15.1. The largest absolute Gasteiger partial charge is 0.430 e. The number of hydrogen-bond acceptors (Lipinski definition) is 4. The van der Waals surface area contributed by atoms with E-state index in [-0.39, 0.29) is 43.5 Å². The Morgan fingerprint density at radius 1 is 1.10 bits per heavy atom. The maximum Gasteiger partial charge on any atom is 0.430 e. The smallest absolute Gasteiger partial charge is 0.355 e. The molecule has 2 saturated heterocycles. The number of aromatic nitrogens is 2. The predicted molar refractivity (Wildman–Crippen MR) is 143 cm³/mol. The Morgan fingerprint density at radius 2 is 1.77 bits per heavy atom. The van der Waals surface area contributed by atoms with E-state index in [2.05, 4.69) is 10.4 Å². The van der Waals surface area contributed by atoms with Crippen LogP contribution in [-0.4, -0.2) is 58.9 Å². The van der Waals surface area contributed by atoms with E-state index in [0.29, 0.717) is 19.4 Å². The zero-order valence-electron chi connectivity index (χ0n) is 22.6. The van der Waals surface area contributed by atoms with Crippen LogP contribution < -0.4 is 5.32 Å². The van der Waals surface area contributed by atoms with E-state index < -0.39 is 23.1 Å². The highest BCUT2D eigenvalue weighted by molar-refractivity contribution is 5.88. The van der Waals surface area contributed by atoms with E-state index in [1.165, 1.54) is 36.1 Å². The number of piperidine rings is 2. The molecule has 212 valence electrons. The van der Waals surface area contributed by atoms with Crippen LogP contribution in [0.3, 0.4) is 0 Å². The van der Waals surface area contributed by atoms with E-state index in [0.717, 1.165) is 16.7 Å². The molecule has 10 heteroatoms. The Kier molecular flexibility index (Phi) is 7.48. The van der Waals surface area contributed by atoms with E-state index in [9.17, 15) is 22.8 Å². The molecule has 1 spiro atoms. The first-order valence-electron chi connectivity index (χ1n) is 13.5. The van der Waals surface area contributed by atoms with Gasteiger partial charge in [-0.2, -0.15) is 18.3 Å². The van der Waals surface area contributed by atoms with Crippen LogP contribution in [0.25, 0.3) is 11.1 Å². The highest BCUT2D eigenvalue weighted by atomic mass is 19.4. The van der Waals surface area contributed by atoms with E-state index in [4.69, 9.17) is 4.74 Å². The molecular weight excluding hydrogens is 521 g/mol. The van der Waals surface area contributed by atoms with Gasteiger partial charge in [0.2, 0.25) is 5.91 Å². The number of amides is 2. The normalized spacial score (nSPS) is 20.7. The van der Waals surface area contributed by atoms with Crippen molar-refractivity contribution in [2.24, 2.45) is 12.5 Å². The molecule has 3 heterocycles. The summed E-state index contributed by atoms with van der Waals surface area (Å²) in [7, 11) is 1.85. The van der Waals surface area contributed by atoms with Crippen LogP contribution in [0.15, 0.2) is 67.0 Å². The third-order valence-electron chi connectivity index (χ3n) is 8.40. The minimum Gasteiger partial charge on any atom is -0.355 e. The molecule has 0 bridgehead atoms. The molecule has 5 rings (SSSR count). The lowest BCUT2D eigenvalue weighted by molar-refractivity contribution is -0.277. The van der Waals surface area contributed by atoms with Crippen molar-refractivity contribution in [1.29, 1.82) is 0 Å². The van der Waals surface area contributed by atoms with Gasteiger partial charge in [0.05, 0.1) is 6.20 Å². The maximum absolute atomic E-state index is 14.7. The number of nitrogens with one attached hydrogen (secondary N) is 1. The molecule has 0 aliphatic carbocycles. The number of rotatable bonds is 6. The van der Waals surface area contributed by atoms with Gasteiger partial charge in [0.15, 0.2) is 0 Å². The Balaban J connectivity index is 1.47. The summed E-state index contributed by atoms with van der Waals surface area (Å²) in [6.45, 7) is 1.77. The summed E-state index contributed by atoms with van der Waals surface area (Å²) in [5, 5.41) is 7.30. The molecule has 2 aromatic carbocycles. The van der Waals surface area contributed by atoms with Crippen LogP contribution >= 0.6 is 0 Å². The van der Waals surface area contributed by atoms with Crippen LogP contribution in [0.1, 0.15) is 43.2 Å². The Hall–Kier alpha value is -3.66. The second-order valence-electron chi connectivity index (χ2n) is 10.7. The number of hydrogen-bond donors (Lipinski definition) is 1. The fourth-order valence-electron chi connectivity index (χ4n) is 6.43. The summed E-state index contributed by atoms with van der Waals surface area (Å²) in [6.07, 6.45) is -0.202. The van der Waals surface area contributed by atoms with Gasteiger partial charge in [-0.25, -0.2) is 0 Å². The van der Waals surface area contributed by atoms with Crippen LogP contribution in [-0.2, 0) is 27.0 Å². The highest BCUT2D eigenvalue weighted by Gasteiger charge is 2.64. The molecule has 40 heavy (non-hydrogen) atoms. The van der Waals surface area contributed by atoms with Gasteiger partial charge in [0.25, 0.3) is 11.5 Å². The summed E-state index contributed by atoms with van der Waals surface area (Å²) in [5.74, 6) is -1.28. The van der Waals surface area contributed by atoms with Crippen LogP contribution in [0.4, 0.5) is 13.2 Å². The van der Waals surface area contributed by atoms with Gasteiger partial charge >= 0.3 is 6.18 Å². The summed E-state index contributed by atoms with van der Waals surface area (Å²) < 4.78 is 51.2. The maximum atomic E-state index is 14.7. The molecule has 0 saturated carbocycles. The minimum absolute atomic E-state index is 0.0766. The lowest BCUT2D eigenvalue weighted by Crippen LogP contribution is -2.60. The minimum atomic E-state index is -4.97. The molecule has 2 amide bonds. The molecule has 3 aromatic rings. The van der Waals surface area contributed by atoms with Crippen molar-refractivity contribution in [2.45, 2.75) is 43.9 Å². The van der Waals surface area contributed by atoms with Crippen molar-refractivity contribution in [1.82, 2.24) is 20.0 Å². The van der Waals surface area contributed by atoms with Crippen molar-refractivity contribution in [3.8, 4) is 11.1 Å². The number of halogens is 3. The van der Waals surface area contributed by atoms with Crippen molar-refractivity contribution >= 4 is 11.8 Å². The van der Waals surface area contributed by atoms with E-state index in [1.54, 1.807) is 16.9 Å². The Bertz CT molecular complexity index is 1370. The third-order valence-corrected chi connectivity index (χ3v) is 8.40. The number of benzene rings is 2. The average molecular weight is 555 g/mol. The van der Waals surface area contributed by atoms with Gasteiger partial charge in [-0.1, -0.05) is 54.6 Å². The first-order valence-corrected chi connectivity index (χ1v) is 13.5. The van der Waals surface area contributed by atoms with Gasteiger partial charge in [0.1, 0.15) is 0 Å². The second-order valence-corrected chi connectivity index (χ2v) is 10.7. The van der Waals surface area contributed by atoms with Crippen molar-refractivity contribution in [3.05, 3.63) is 78.1 Å². The second kappa shape index (κ2) is 10.7. The molecule has 2 atom stereocenters.